The Morgan fingerprint density at radius 1 is 1.19 bits per heavy atom. The Morgan fingerprint density at radius 3 is 2.55 bits per heavy atom. The van der Waals surface area contributed by atoms with E-state index in [1.807, 2.05) is 56.3 Å². The molecule has 158 valence electrons. The molecule has 4 rings (SSSR count). The molecule has 3 aromatic rings. The molecule has 0 spiro atoms. The van der Waals surface area contributed by atoms with E-state index in [2.05, 4.69) is 15.5 Å². The quantitative estimate of drug-likeness (QED) is 0.637. The monoisotopic (exact) mass is 416 g/mol. The van der Waals surface area contributed by atoms with Crippen LogP contribution in [0, 0.1) is 11.3 Å². The van der Waals surface area contributed by atoms with Crippen LogP contribution in [0.1, 0.15) is 55.1 Å². The van der Waals surface area contributed by atoms with Crippen molar-refractivity contribution in [2.24, 2.45) is 0 Å². The number of nitriles is 1. The highest BCUT2D eigenvalue weighted by Gasteiger charge is 2.28. The molecule has 1 aromatic carbocycles. The molecule has 0 saturated heterocycles. The molecule has 0 unspecified atom stereocenters. The van der Waals surface area contributed by atoms with Gasteiger partial charge in [-0.2, -0.15) is 15.5 Å². The number of rotatable bonds is 7. The highest BCUT2D eigenvalue weighted by Crippen LogP contribution is 2.40. The van der Waals surface area contributed by atoms with Crippen LogP contribution in [0.4, 0.5) is 5.82 Å². The first kappa shape index (κ1) is 20.5. The number of carbonyl (C=O) groups is 1. The maximum atomic E-state index is 12.8. The van der Waals surface area contributed by atoms with Gasteiger partial charge in [0.25, 0.3) is 5.56 Å². The first-order valence-corrected chi connectivity index (χ1v) is 10.5. The molecule has 8 heteroatoms. The van der Waals surface area contributed by atoms with Crippen molar-refractivity contribution < 1.29 is 4.79 Å². The highest BCUT2D eigenvalue weighted by atomic mass is 16.2. The zero-order valence-corrected chi connectivity index (χ0v) is 17.6. The van der Waals surface area contributed by atoms with Crippen LogP contribution in [0.15, 0.2) is 41.2 Å². The summed E-state index contributed by atoms with van der Waals surface area (Å²) in [5.41, 5.74) is 2.63. The molecular formula is C23H24N6O2. The van der Waals surface area contributed by atoms with Crippen LogP contribution in [-0.2, 0) is 24.2 Å². The van der Waals surface area contributed by atoms with Gasteiger partial charge in [-0.3, -0.25) is 9.59 Å². The Labute approximate surface area is 180 Å². The van der Waals surface area contributed by atoms with Crippen LogP contribution >= 0.6 is 0 Å². The van der Waals surface area contributed by atoms with Gasteiger partial charge in [0.2, 0.25) is 5.91 Å². The standard InChI is InChI=1S/C23H24N6O2/c1-3-17-18(13-24)23(31)28(26-19(17)4-2)14-22(30)25-21-12-20(15-10-11-15)27-29(21)16-8-6-5-7-9-16/h5-9,12,15H,3-4,10-11,14H2,1-2H3,(H,25,30). The molecule has 31 heavy (non-hydrogen) atoms. The lowest BCUT2D eigenvalue weighted by molar-refractivity contribution is -0.117. The molecule has 0 atom stereocenters. The summed E-state index contributed by atoms with van der Waals surface area (Å²) < 4.78 is 2.79. The number of carbonyl (C=O) groups excluding carboxylic acids is 1. The fourth-order valence-electron chi connectivity index (χ4n) is 3.69. The topological polar surface area (TPSA) is 106 Å². The summed E-state index contributed by atoms with van der Waals surface area (Å²) in [6, 6.07) is 13.5. The Morgan fingerprint density at radius 2 is 1.94 bits per heavy atom. The largest absolute Gasteiger partial charge is 0.309 e. The number of hydrogen-bond acceptors (Lipinski definition) is 5. The Bertz CT molecular complexity index is 1220. The number of aryl methyl sites for hydroxylation is 1. The fourth-order valence-corrected chi connectivity index (χ4v) is 3.69. The van der Waals surface area contributed by atoms with Gasteiger partial charge < -0.3 is 5.32 Å². The first-order valence-electron chi connectivity index (χ1n) is 10.5. The minimum atomic E-state index is -0.540. The number of anilines is 1. The average Bonchev–Trinajstić information content (AvgIpc) is 3.55. The highest BCUT2D eigenvalue weighted by molar-refractivity contribution is 5.90. The molecule has 8 nitrogen and oxygen atoms in total. The smallest absolute Gasteiger partial charge is 0.285 e. The van der Waals surface area contributed by atoms with E-state index in [0.717, 1.165) is 28.9 Å². The maximum absolute atomic E-state index is 12.8. The molecule has 1 aliphatic rings. The van der Waals surface area contributed by atoms with Crippen molar-refractivity contribution in [1.29, 1.82) is 5.26 Å². The van der Waals surface area contributed by atoms with Crippen molar-refractivity contribution in [3.05, 3.63) is 69.3 Å². The van der Waals surface area contributed by atoms with Gasteiger partial charge in [-0.15, -0.1) is 0 Å². The van der Waals surface area contributed by atoms with E-state index < -0.39 is 11.5 Å². The van der Waals surface area contributed by atoms with Crippen molar-refractivity contribution in [3.8, 4) is 11.8 Å². The second-order valence-corrected chi connectivity index (χ2v) is 7.61. The van der Waals surface area contributed by atoms with Crippen LogP contribution in [0.25, 0.3) is 5.69 Å². The van der Waals surface area contributed by atoms with Gasteiger partial charge in [0.05, 0.1) is 17.1 Å². The van der Waals surface area contributed by atoms with Crippen LogP contribution in [-0.4, -0.2) is 25.5 Å². The number of para-hydroxylation sites is 1. The molecule has 1 saturated carbocycles. The third-order valence-corrected chi connectivity index (χ3v) is 5.43. The van der Waals surface area contributed by atoms with Crippen molar-refractivity contribution in [2.75, 3.05) is 5.32 Å². The number of aromatic nitrogens is 4. The molecule has 1 fully saturated rings. The molecule has 0 aliphatic heterocycles. The summed E-state index contributed by atoms with van der Waals surface area (Å²) in [6.45, 7) is 3.52. The summed E-state index contributed by atoms with van der Waals surface area (Å²) in [7, 11) is 0. The van der Waals surface area contributed by atoms with E-state index in [0.29, 0.717) is 35.8 Å². The van der Waals surface area contributed by atoms with Gasteiger partial charge in [0, 0.05) is 12.0 Å². The van der Waals surface area contributed by atoms with Gasteiger partial charge in [-0.1, -0.05) is 32.0 Å². The first-order chi connectivity index (χ1) is 15.0. The predicted molar refractivity (Wildman–Crippen MR) is 116 cm³/mol. The van der Waals surface area contributed by atoms with Crippen molar-refractivity contribution >= 4 is 11.7 Å². The van der Waals surface area contributed by atoms with E-state index >= 15 is 0 Å². The SMILES string of the molecule is CCc1nn(CC(=O)Nc2cc(C3CC3)nn2-c2ccccc2)c(=O)c(C#N)c1CC. The summed E-state index contributed by atoms with van der Waals surface area (Å²) in [5.74, 6) is 0.577. The van der Waals surface area contributed by atoms with Gasteiger partial charge in [0.1, 0.15) is 24.0 Å². The Hall–Kier alpha value is -3.73. The lowest BCUT2D eigenvalue weighted by Crippen LogP contribution is -2.33. The molecule has 1 N–H and O–H groups in total. The second-order valence-electron chi connectivity index (χ2n) is 7.61. The average molecular weight is 416 g/mol. The minimum Gasteiger partial charge on any atom is -0.309 e. The number of nitrogens with one attached hydrogen (secondary N) is 1. The number of hydrogen-bond donors (Lipinski definition) is 1. The molecule has 0 bridgehead atoms. The second kappa shape index (κ2) is 8.56. The molecule has 1 amide bonds. The van der Waals surface area contributed by atoms with E-state index in [1.54, 1.807) is 4.68 Å². The van der Waals surface area contributed by atoms with Crippen LogP contribution in [0.5, 0.6) is 0 Å². The zero-order valence-electron chi connectivity index (χ0n) is 17.6. The van der Waals surface area contributed by atoms with Crippen LogP contribution < -0.4 is 10.9 Å². The third-order valence-electron chi connectivity index (χ3n) is 5.43. The molecular weight excluding hydrogens is 392 g/mol. The van der Waals surface area contributed by atoms with Crippen LogP contribution in [0.3, 0.4) is 0 Å². The summed E-state index contributed by atoms with van der Waals surface area (Å²) in [4.78, 5) is 25.5. The van der Waals surface area contributed by atoms with Crippen molar-refractivity contribution in [2.45, 2.75) is 52.0 Å². The minimum absolute atomic E-state index is 0.0625. The zero-order chi connectivity index (χ0) is 22.0. The summed E-state index contributed by atoms with van der Waals surface area (Å²) in [6.07, 6.45) is 3.31. The van der Waals surface area contributed by atoms with Crippen LogP contribution in [0.2, 0.25) is 0 Å². The molecule has 2 heterocycles. The maximum Gasteiger partial charge on any atom is 0.285 e. The van der Waals surface area contributed by atoms with E-state index in [1.165, 1.54) is 0 Å². The Kier molecular flexibility index (Phi) is 5.67. The third kappa shape index (κ3) is 4.12. The van der Waals surface area contributed by atoms with E-state index in [4.69, 9.17) is 0 Å². The van der Waals surface area contributed by atoms with E-state index in [-0.39, 0.29) is 12.1 Å². The predicted octanol–water partition coefficient (Wildman–Crippen LogP) is 2.94. The number of amides is 1. The molecule has 1 aliphatic carbocycles. The number of nitrogens with zero attached hydrogens (tertiary/aromatic N) is 5. The van der Waals surface area contributed by atoms with Gasteiger partial charge in [-0.25, -0.2) is 9.36 Å². The molecule has 2 aromatic heterocycles. The normalized spacial score (nSPS) is 13.1. The summed E-state index contributed by atoms with van der Waals surface area (Å²) >= 11 is 0. The van der Waals surface area contributed by atoms with Gasteiger partial charge >= 0.3 is 0 Å². The lowest BCUT2D eigenvalue weighted by atomic mass is 10.0. The van der Waals surface area contributed by atoms with Gasteiger partial charge in [-0.05, 0) is 43.4 Å². The Balaban J connectivity index is 1.63. The van der Waals surface area contributed by atoms with Gasteiger partial charge in [0.15, 0.2) is 0 Å². The lowest BCUT2D eigenvalue weighted by Gasteiger charge is -2.12. The fraction of sp³-hybridized carbons (Fsp3) is 0.348. The van der Waals surface area contributed by atoms with E-state index in [9.17, 15) is 14.9 Å². The summed E-state index contributed by atoms with van der Waals surface area (Å²) in [5, 5.41) is 21.4. The van der Waals surface area contributed by atoms with Crippen molar-refractivity contribution in [1.82, 2.24) is 19.6 Å². The number of benzene rings is 1. The molecule has 0 radical (unpaired) electrons. The van der Waals surface area contributed by atoms with Crippen molar-refractivity contribution in [3.63, 3.8) is 0 Å².